The van der Waals surface area contributed by atoms with Gasteiger partial charge in [-0.3, -0.25) is 4.79 Å². The summed E-state index contributed by atoms with van der Waals surface area (Å²) in [4.78, 5) is 16.7. The van der Waals surface area contributed by atoms with Crippen molar-refractivity contribution in [3.63, 3.8) is 0 Å². The molecule has 2 rings (SSSR count). The number of benzene rings is 1. The zero-order chi connectivity index (χ0) is 17.5. The molecule has 0 saturated carbocycles. The topological polar surface area (TPSA) is 104 Å². The fourth-order valence-corrected chi connectivity index (χ4v) is 2.30. The maximum Gasteiger partial charge on any atom is 0.252 e. The summed E-state index contributed by atoms with van der Waals surface area (Å²) in [6, 6.07) is 4.75. The van der Waals surface area contributed by atoms with Crippen LogP contribution in [0.15, 0.2) is 24.5 Å². The van der Waals surface area contributed by atoms with E-state index in [-0.39, 0.29) is 11.9 Å². The molecule has 0 unspecified atom stereocenters. The van der Waals surface area contributed by atoms with Crippen LogP contribution in [-0.2, 0) is 6.54 Å². The number of ether oxygens (including phenoxy) is 2. The minimum absolute atomic E-state index is 0.228. The van der Waals surface area contributed by atoms with E-state index in [1.807, 2.05) is 13.8 Å². The summed E-state index contributed by atoms with van der Waals surface area (Å²) in [7, 11) is 1.55. The first kappa shape index (κ1) is 17.7. The Balaban J connectivity index is 2.14. The summed E-state index contributed by atoms with van der Waals surface area (Å²) in [6.07, 6.45) is 1.48. The number of nitrogens with two attached hydrogens (primary N) is 1. The maximum atomic E-state index is 12.5. The number of hydrogen-bond donors (Lipinski definition) is 2. The van der Waals surface area contributed by atoms with Crippen LogP contribution in [0.2, 0.25) is 0 Å². The van der Waals surface area contributed by atoms with Crippen LogP contribution in [0, 0.1) is 0 Å². The Labute approximate surface area is 141 Å². The van der Waals surface area contributed by atoms with Crippen LogP contribution in [0.4, 0.5) is 0 Å². The van der Waals surface area contributed by atoms with Crippen LogP contribution >= 0.6 is 0 Å². The highest BCUT2D eigenvalue weighted by Gasteiger charge is 2.17. The van der Waals surface area contributed by atoms with Gasteiger partial charge in [0.05, 0.1) is 13.2 Å². The second-order valence-electron chi connectivity index (χ2n) is 5.13. The van der Waals surface area contributed by atoms with E-state index >= 15 is 0 Å². The predicted octanol–water partition coefficient (Wildman–Crippen LogP) is 1.14. The zero-order valence-electron chi connectivity index (χ0n) is 14.2. The number of amides is 1. The van der Waals surface area contributed by atoms with Crippen LogP contribution in [-0.4, -0.2) is 40.9 Å². The van der Waals surface area contributed by atoms with Gasteiger partial charge in [-0.1, -0.05) is 0 Å². The molecule has 3 N–H and O–H groups in total. The molecule has 1 aromatic carbocycles. The van der Waals surface area contributed by atoms with E-state index < -0.39 is 0 Å². The highest BCUT2D eigenvalue weighted by Crippen LogP contribution is 2.28. The highest BCUT2D eigenvalue weighted by molar-refractivity contribution is 5.95. The fraction of sp³-hybridized carbons (Fsp3) is 0.438. The summed E-state index contributed by atoms with van der Waals surface area (Å²) in [5.41, 5.74) is 5.92. The van der Waals surface area contributed by atoms with Crippen molar-refractivity contribution in [1.29, 1.82) is 0 Å². The second-order valence-corrected chi connectivity index (χ2v) is 5.13. The Morgan fingerprint density at radius 1 is 1.42 bits per heavy atom. The van der Waals surface area contributed by atoms with Crippen LogP contribution in [0.3, 0.4) is 0 Å². The Bertz CT molecular complexity index is 686. The smallest absolute Gasteiger partial charge is 0.252 e. The molecule has 1 heterocycles. The predicted molar refractivity (Wildman–Crippen MR) is 89.1 cm³/mol. The number of aromatic nitrogens is 3. The molecule has 24 heavy (non-hydrogen) atoms. The third-order valence-corrected chi connectivity index (χ3v) is 3.48. The molecular formula is C16H23N5O3. The molecule has 0 spiro atoms. The third kappa shape index (κ3) is 4.02. The maximum absolute atomic E-state index is 12.5. The van der Waals surface area contributed by atoms with Gasteiger partial charge in [0.15, 0.2) is 11.5 Å². The quantitative estimate of drug-likeness (QED) is 0.750. The van der Waals surface area contributed by atoms with Crippen molar-refractivity contribution in [3.8, 4) is 11.5 Å². The van der Waals surface area contributed by atoms with Crippen molar-refractivity contribution in [2.24, 2.45) is 5.73 Å². The molecule has 0 bridgehead atoms. The van der Waals surface area contributed by atoms with Crippen molar-refractivity contribution in [2.75, 3.05) is 20.3 Å². The van der Waals surface area contributed by atoms with Gasteiger partial charge >= 0.3 is 0 Å². The molecule has 0 aliphatic carbocycles. The van der Waals surface area contributed by atoms with Gasteiger partial charge in [0.25, 0.3) is 5.91 Å². The Kier molecular flexibility index (Phi) is 6.14. The Hall–Kier alpha value is -2.61. The first-order chi connectivity index (χ1) is 11.6. The molecule has 0 fully saturated rings. The van der Waals surface area contributed by atoms with Crippen molar-refractivity contribution in [2.45, 2.75) is 26.4 Å². The first-order valence-electron chi connectivity index (χ1n) is 7.80. The number of methoxy groups -OCH3 is 1. The third-order valence-electron chi connectivity index (χ3n) is 3.48. The van der Waals surface area contributed by atoms with Gasteiger partial charge in [0.1, 0.15) is 18.8 Å². The number of nitrogens with one attached hydrogen (secondary N) is 1. The normalized spacial score (nSPS) is 11.8. The van der Waals surface area contributed by atoms with Gasteiger partial charge < -0.3 is 20.5 Å². The van der Waals surface area contributed by atoms with E-state index in [0.29, 0.717) is 42.6 Å². The van der Waals surface area contributed by atoms with Gasteiger partial charge in [0.2, 0.25) is 0 Å². The number of carbonyl (C=O) groups is 1. The van der Waals surface area contributed by atoms with E-state index in [1.54, 1.807) is 30.0 Å². The molecule has 0 aliphatic rings. The lowest BCUT2D eigenvalue weighted by Gasteiger charge is -2.15. The zero-order valence-corrected chi connectivity index (χ0v) is 14.2. The molecule has 1 aromatic heterocycles. The van der Waals surface area contributed by atoms with Crippen LogP contribution in [0.1, 0.15) is 36.1 Å². The van der Waals surface area contributed by atoms with Crippen LogP contribution in [0.5, 0.6) is 11.5 Å². The van der Waals surface area contributed by atoms with Crippen LogP contribution in [0.25, 0.3) is 0 Å². The van der Waals surface area contributed by atoms with Gasteiger partial charge in [0, 0.05) is 18.7 Å². The van der Waals surface area contributed by atoms with E-state index in [2.05, 4.69) is 15.4 Å². The lowest BCUT2D eigenvalue weighted by molar-refractivity contribution is 0.0937. The minimum Gasteiger partial charge on any atom is -0.493 e. The number of carbonyl (C=O) groups excluding carboxylic acids is 1. The highest BCUT2D eigenvalue weighted by atomic mass is 16.5. The summed E-state index contributed by atoms with van der Waals surface area (Å²) in [5.74, 6) is 1.52. The Morgan fingerprint density at radius 3 is 2.88 bits per heavy atom. The first-order valence-corrected chi connectivity index (χ1v) is 7.80. The number of aryl methyl sites for hydroxylation is 1. The second kappa shape index (κ2) is 8.30. The molecule has 8 nitrogen and oxygen atoms in total. The molecule has 130 valence electrons. The summed E-state index contributed by atoms with van der Waals surface area (Å²) >= 11 is 0. The van der Waals surface area contributed by atoms with E-state index in [1.165, 1.54) is 6.33 Å². The molecule has 0 radical (unpaired) electrons. The monoisotopic (exact) mass is 333 g/mol. The largest absolute Gasteiger partial charge is 0.493 e. The van der Waals surface area contributed by atoms with Crippen molar-refractivity contribution < 1.29 is 14.3 Å². The lowest BCUT2D eigenvalue weighted by Crippen LogP contribution is -2.29. The SMILES string of the molecule is CCn1ncnc1[C@@H](C)NC(=O)c1ccc(OC)c(OCCN)c1. The minimum atomic E-state index is -0.268. The molecular weight excluding hydrogens is 310 g/mol. The van der Waals surface area contributed by atoms with Gasteiger partial charge in [-0.15, -0.1) is 0 Å². The number of hydrogen-bond acceptors (Lipinski definition) is 6. The van der Waals surface area contributed by atoms with Crippen molar-refractivity contribution in [1.82, 2.24) is 20.1 Å². The van der Waals surface area contributed by atoms with Crippen molar-refractivity contribution in [3.05, 3.63) is 35.9 Å². The standard InChI is InChI=1S/C16H23N5O3/c1-4-21-15(18-10-19-21)11(2)20-16(22)12-5-6-13(23-3)14(9-12)24-8-7-17/h5-6,9-11H,4,7-8,17H2,1-3H3,(H,20,22)/t11-/m1/s1. The van der Waals surface area contributed by atoms with Crippen LogP contribution < -0.4 is 20.5 Å². The van der Waals surface area contributed by atoms with Crippen molar-refractivity contribution >= 4 is 5.91 Å². The summed E-state index contributed by atoms with van der Waals surface area (Å²) in [6.45, 7) is 5.25. The molecule has 2 aromatic rings. The van der Waals surface area contributed by atoms with Gasteiger partial charge in [-0.2, -0.15) is 5.10 Å². The van der Waals surface area contributed by atoms with E-state index in [9.17, 15) is 4.79 Å². The number of rotatable bonds is 8. The van der Waals surface area contributed by atoms with Gasteiger partial charge in [-0.25, -0.2) is 9.67 Å². The molecule has 1 atom stereocenters. The van der Waals surface area contributed by atoms with E-state index in [4.69, 9.17) is 15.2 Å². The molecule has 0 aliphatic heterocycles. The lowest BCUT2D eigenvalue weighted by atomic mass is 10.1. The fourth-order valence-electron chi connectivity index (χ4n) is 2.30. The summed E-state index contributed by atoms with van der Waals surface area (Å²) < 4.78 is 12.5. The van der Waals surface area contributed by atoms with E-state index in [0.717, 1.165) is 0 Å². The average molecular weight is 333 g/mol. The summed E-state index contributed by atoms with van der Waals surface area (Å²) in [5, 5.41) is 7.02. The number of nitrogens with zero attached hydrogens (tertiary/aromatic N) is 3. The molecule has 1 amide bonds. The molecule has 8 heteroatoms. The Morgan fingerprint density at radius 2 is 2.21 bits per heavy atom. The molecule has 0 saturated heterocycles. The van der Waals surface area contributed by atoms with Gasteiger partial charge in [-0.05, 0) is 32.0 Å². The average Bonchev–Trinajstić information content (AvgIpc) is 3.08.